The molecule has 2 nitrogen and oxygen atoms in total. The van der Waals surface area contributed by atoms with E-state index in [1.54, 1.807) is 7.11 Å². The molecule has 0 N–H and O–H groups in total. The number of allylic oxidation sites excluding steroid dienone is 2. The number of ether oxygens (including phenoxy) is 2. The summed E-state index contributed by atoms with van der Waals surface area (Å²) in [7, 11) is 1.65. The van der Waals surface area contributed by atoms with Crippen LogP contribution in [0.5, 0.6) is 11.5 Å². The van der Waals surface area contributed by atoms with Gasteiger partial charge in [-0.1, -0.05) is 52.5 Å². The molecule has 0 bridgehead atoms. The maximum Gasteiger partial charge on any atom is 0.168 e. The molecule has 0 unspecified atom stereocenters. The Labute approximate surface area is 123 Å². The topological polar surface area (TPSA) is 18.5 Å². The second-order valence-electron chi connectivity index (χ2n) is 6.00. The number of hydrogen-bond acceptors (Lipinski definition) is 2. The average Bonchev–Trinajstić information content (AvgIpc) is 2.37. The summed E-state index contributed by atoms with van der Waals surface area (Å²) in [5, 5.41) is 0. The van der Waals surface area contributed by atoms with Crippen molar-refractivity contribution >= 4 is 6.08 Å². The van der Waals surface area contributed by atoms with Crippen molar-refractivity contribution in [3.8, 4) is 11.5 Å². The molecule has 0 radical (unpaired) electrons. The lowest BCUT2D eigenvalue weighted by atomic mass is 9.95. The van der Waals surface area contributed by atoms with Crippen LogP contribution >= 0.6 is 0 Å². The van der Waals surface area contributed by atoms with Crippen LogP contribution < -0.4 is 9.47 Å². The lowest BCUT2D eigenvalue weighted by molar-refractivity contribution is 0.352. The van der Waals surface area contributed by atoms with Gasteiger partial charge < -0.3 is 9.47 Å². The maximum absolute atomic E-state index is 5.73. The van der Waals surface area contributed by atoms with Crippen LogP contribution in [0.3, 0.4) is 0 Å². The minimum atomic E-state index is 0.165. The summed E-state index contributed by atoms with van der Waals surface area (Å²) in [5.74, 6) is 2.22. The van der Waals surface area contributed by atoms with Crippen molar-refractivity contribution in [2.75, 3.05) is 7.11 Å². The molecular formula is C18H26O2. The third-order valence-electron chi connectivity index (χ3n) is 2.75. The van der Waals surface area contributed by atoms with Crippen molar-refractivity contribution in [3.05, 3.63) is 42.2 Å². The zero-order chi connectivity index (χ0) is 15.2. The summed E-state index contributed by atoms with van der Waals surface area (Å²) in [6.45, 7) is 12.5. The predicted molar refractivity (Wildman–Crippen MR) is 86.2 cm³/mol. The molecule has 0 fully saturated rings. The zero-order valence-electron chi connectivity index (χ0n) is 13.3. The van der Waals surface area contributed by atoms with Gasteiger partial charge in [0.1, 0.15) is 0 Å². The third kappa shape index (κ3) is 5.52. The van der Waals surface area contributed by atoms with Crippen molar-refractivity contribution in [2.24, 2.45) is 5.41 Å². The molecule has 0 atom stereocenters. The van der Waals surface area contributed by atoms with Crippen molar-refractivity contribution in [1.82, 2.24) is 0 Å². The highest BCUT2D eigenvalue weighted by atomic mass is 16.5. The molecule has 110 valence electrons. The van der Waals surface area contributed by atoms with Gasteiger partial charge in [-0.3, -0.25) is 0 Å². The molecule has 1 aromatic carbocycles. The van der Waals surface area contributed by atoms with E-state index in [9.17, 15) is 0 Å². The Morgan fingerprint density at radius 3 is 2.50 bits per heavy atom. The van der Waals surface area contributed by atoms with Crippen LogP contribution in [0, 0.1) is 5.41 Å². The van der Waals surface area contributed by atoms with Crippen molar-refractivity contribution in [1.29, 1.82) is 0 Å². The summed E-state index contributed by atoms with van der Waals surface area (Å²) in [6.07, 6.45) is 6.16. The van der Waals surface area contributed by atoms with Gasteiger partial charge in [0.15, 0.2) is 11.5 Å². The Bertz CT molecular complexity index is 479. The summed E-state index contributed by atoms with van der Waals surface area (Å²) in [4.78, 5) is 0. The standard InChI is InChI=1S/C18H26O2/c1-7-8-14(2)20-16-10-9-15(13-17(16)19-6)11-12-18(3,4)5/h9-13H,2,7-8H2,1,3-6H3/b12-11+. The van der Waals surface area contributed by atoms with E-state index in [1.807, 2.05) is 18.2 Å². The summed E-state index contributed by atoms with van der Waals surface area (Å²) >= 11 is 0. The fourth-order valence-corrected chi connectivity index (χ4v) is 1.70. The monoisotopic (exact) mass is 274 g/mol. The highest BCUT2D eigenvalue weighted by molar-refractivity contribution is 5.56. The van der Waals surface area contributed by atoms with E-state index < -0.39 is 0 Å². The molecule has 0 saturated heterocycles. The number of hydrogen-bond donors (Lipinski definition) is 0. The lowest BCUT2D eigenvalue weighted by Crippen LogP contribution is -1.98. The lowest BCUT2D eigenvalue weighted by Gasteiger charge is -2.13. The SMILES string of the molecule is C=C(CCC)Oc1ccc(/C=C/C(C)(C)C)cc1OC. The minimum Gasteiger partial charge on any atom is -0.493 e. The highest BCUT2D eigenvalue weighted by Crippen LogP contribution is 2.31. The fraction of sp³-hybridized carbons (Fsp3) is 0.444. The van der Waals surface area contributed by atoms with Crippen LogP contribution in [-0.4, -0.2) is 7.11 Å². The van der Waals surface area contributed by atoms with E-state index in [1.165, 1.54) is 0 Å². The van der Waals surface area contributed by atoms with E-state index in [4.69, 9.17) is 9.47 Å². The molecule has 20 heavy (non-hydrogen) atoms. The van der Waals surface area contributed by atoms with E-state index in [2.05, 4.69) is 46.4 Å². The summed E-state index contributed by atoms with van der Waals surface area (Å²) < 4.78 is 11.1. The van der Waals surface area contributed by atoms with Crippen LogP contribution in [0.15, 0.2) is 36.6 Å². The van der Waals surface area contributed by atoms with Gasteiger partial charge in [0, 0.05) is 6.42 Å². The summed E-state index contributed by atoms with van der Waals surface area (Å²) in [5.41, 5.74) is 1.27. The van der Waals surface area contributed by atoms with Gasteiger partial charge >= 0.3 is 0 Å². The second kappa shape index (κ2) is 7.18. The predicted octanol–water partition coefficient (Wildman–Crippen LogP) is 5.45. The van der Waals surface area contributed by atoms with Crippen LogP contribution in [-0.2, 0) is 0 Å². The molecule has 1 rings (SSSR count). The molecule has 0 spiro atoms. The van der Waals surface area contributed by atoms with Crippen LogP contribution in [0.4, 0.5) is 0 Å². The maximum atomic E-state index is 5.73. The first kappa shape index (κ1) is 16.4. The van der Waals surface area contributed by atoms with Crippen LogP contribution in [0.25, 0.3) is 6.08 Å². The van der Waals surface area contributed by atoms with Crippen LogP contribution in [0.1, 0.15) is 46.1 Å². The Morgan fingerprint density at radius 1 is 1.25 bits per heavy atom. The van der Waals surface area contributed by atoms with Crippen molar-refractivity contribution < 1.29 is 9.47 Å². The fourth-order valence-electron chi connectivity index (χ4n) is 1.70. The molecule has 0 amide bonds. The highest BCUT2D eigenvalue weighted by Gasteiger charge is 2.08. The van der Waals surface area contributed by atoms with Gasteiger partial charge in [-0.25, -0.2) is 0 Å². The van der Waals surface area contributed by atoms with Gasteiger partial charge in [-0.2, -0.15) is 0 Å². The molecule has 0 aliphatic rings. The zero-order valence-corrected chi connectivity index (χ0v) is 13.3. The van der Waals surface area contributed by atoms with Gasteiger partial charge in [0.25, 0.3) is 0 Å². The molecule has 0 aromatic heterocycles. The second-order valence-corrected chi connectivity index (χ2v) is 6.00. The van der Waals surface area contributed by atoms with E-state index in [0.29, 0.717) is 0 Å². The largest absolute Gasteiger partial charge is 0.493 e. The minimum absolute atomic E-state index is 0.165. The molecule has 0 aliphatic heterocycles. The Hall–Kier alpha value is -1.70. The Morgan fingerprint density at radius 2 is 1.95 bits per heavy atom. The molecule has 2 heteroatoms. The normalized spacial score (nSPS) is 11.7. The van der Waals surface area contributed by atoms with Gasteiger partial charge in [0.05, 0.1) is 12.9 Å². The van der Waals surface area contributed by atoms with Crippen molar-refractivity contribution in [2.45, 2.75) is 40.5 Å². The molecule has 1 aromatic rings. The average molecular weight is 274 g/mol. The molecule has 0 aliphatic carbocycles. The number of methoxy groups -OCH3 is 1. The van der Waals surface area contributed by atoms with Crippen LogP contribution in [0.2, 0.25) is 0 Å². The third-order valence-corrected chi connectivity index (χ3v) is 2.75. The first-order chi connectivity index (χ1) is 9.35. The van der Waals surface area contributed by atoms with Gasteiger partial charge in [-0.15, -0.1) is 0 Å². The first-order valence-electron chi connectivity index (χ1n) is 7.08. The van der Waals surface area contributed by atoms with E-state index in [-0.39, 0.29) is 5.41 Å². The Balaban J connectivity index is 2.91. The summed E-state index contributed by atoms with van der Waals surface area (Å²) in [6, 6.07) is 5.94. The quantitative estimate of drug-likeness (QED) is 0.642. The van der Waals surface area contributed by atoms with Gasteiger partial charge in [-0.05, 0) is 29.5 Å². The van der Waals surface area contributed by atoms with E-state index >= 15 is 0 Å². The Kier molecular flexibility index (Phi) is 5.87. The smallest absolute Gasteiger partial charge is 0.168 e. The van der Waals surface area contributed by atoms with Crippen molar-refractivity contribution in [3.63, 3.8) is 0 Å². The molecular weight excluding hydrogens is 248 g/mol. The number of benzene rings is 1. The first-order valence-corrected chi connectivity index (χ1v) is 7.08. The van der Waals surface area contributed by atoms with E-state index in [0.717, 1.165) is 35.7 Å². The molecule has 0 heterocycles. The number of rotatable bonds is 6. The van der Waals surface area contributed by atoms with Gasteiger partial charge in [0.2, 0.25) is 0 Å². The molecule has 0 saturated carbocycles.